The number of nitrogens with zero attached hydrogens (tertiary/aromatic N) is 2. The van der Waals surface area contributed by atoms with Gasteiger partial charge in [0.1, 0.15) is 0 Å². The number of nitrogens with one attached hydrogen (secondary N) is 2. The minimum absolute atomic E-state index is 0.0684. The van der Waals surface area contributed by atoms with E-state index in [1.165, 1.54) is 12.8 Å². The molecule has 6 heteroatoms. The molecule has 1 aromatic heterocycles. The minimum Gasteiger partial charge on any atom is -0.363 e. The molecular formula is C11H16N4O2. The molecule has 1 fully saturated rings. The monoisotopic (exact) mass is 236 g/mol. The number of hydrogen-bond donors (Lipinski definition) is 2. The molecule has 0 aliphatic heterocycles. The van der Waals surface area contributed by atoms with Crippen LogP contribution in [0.4, 0.5) is 11.5 Å². The van der Waals surface area contributed by atoms with Crippen LogP contribution in [0.3, 0.4) is 0 Å². The largest absolute Gasteiger partial charge is 0.363 e. The molecule has 92 valence electrons. The van der Waals surface area contributed by atoms with Crippen molar-refractivity contribution in [2.24, 2.45) is 0 Å². The molecule has 0 atom stereocenters. The van der Waals surface area contributed by atoms with Crippen LogP contribution in [0, 0.1) is 17.0 Å². The highest BCUT2D eigenvalue weighted by Gasteiger charge is 2.20. The maximum Gasteiger partial charge on any atom is 0.314 e. The van der Waals surface area contributed by atoms with Crippen molar-refractivity contribution in [2.75, 3.05) is 18.4 Å². The zero-order valence-corrected chi connectivity index (χ0v) is 9.77. The molecule has 0 radical (unpaired) electrons. The summed E-state index contributed by atoms with van der Waals surface area (Å²) in [6, 6.07) is 2.29. The van der Waals surface area contributed by atoms with Gasteiger partial charge >= 0.3 is 5.69 Å². The number of rotatable bonds is 6. The summed E-state index contributed by atoms with van der Waals surface area (Å²) in [6.07, 6.45) is 4.06. The van der Waals surface area contributed by atoms with Gasteiger partial charge in [0.25, 0.3) is 0 Å². The summed E-state index contributed by atoms with van der Waals surface area (Å²) in [5, 5.41) is 17.2. The summed E-state index contributed by atoms with van der Waals surface area (Å²) < 4.78 is 0. The number of pyridine rings is 1. The average Bonchev–Trinajstić information content (AvgIpc) is 3.07. The molecule has 1 saturated carbocycles. The van der Waals surface area contributed by atoms with E-state index in [-0.39, 0.29) is 10.6 Å². The Kier molecular flexibility index (Phi) is 3.53. The van der Waals surface area contributed by atoms with E-state index in [0.717, 1.165) is 6.54 Å². The molecule has 0 bridgehead atoms. The van der Waals surface area contributed by atoms with Gasteiger partial charge in [-0.3, -0.25) is 10.1 Å². The van der Waals surface area contributed by atoms with Crippen molar-refractivity contribution in [1.29, 1.82) is 0 Å². The van der Waals surface area contributed by atoms with Gasteiger partial charge in [0.05, 0.1) is 4.92 Å². The molecule has 2 N–H and O–H groups in total. The van der Waals surface area contributed by atoms with E-state index in [1.54, 1.807) is 19.2 Å². The first-order valence-electron chi connectivity index (χ1n) is 5.75. The highest BCUT2D eigenvalue weighted by Crippen LogP contribution is 2.25. The predicted molar refractivity (Wildman–Crippen MR) is 65.1 cm³/mol. The lowest BCUT2D eigenvalue weighted by molar-refractivity contribution is -0.384. The summed E-state index contributed by atoms with van der Waals surface area (Å²) in [5.74, 6) is 0.354. The smallest absolute Gasteiger partial charge is 0.314 e. The SMILES string of the molecule is Cc1ccnc(NCCNC2CC2)c1[N+](=O)[O-]. The Labute approximate surface area is 99.6 Å². The molecule has 17 heavy (non-hydrogen) atoms. The lowest BCUT2D eigenvalue weighted by Gasteiger charge is -2.07. The second-order valence-corrected chi connectivity index (χ2v) is 4.24. The predicted octanol–water partition coefficient (Wildman–Crippen LogP) is 1.46. The van der Waals surface area contributed by atoms with Crippen LogP contribution in [-0.2, 0) is 0 Å². The Morgan fingerprint density at radius 1 is 1.53 bits per heavy atom. The summed E-state index contributed by atoms with van der Waals surface area (Å²) in [6.45, 7) is 3.17. The van der Waals surface area contributed by atoms with E-state index in [0.29, 0.717) is 24.0 Å². The van der Waals surface area contributed by atoms with Crippen molar-refractivity contribution < 1.29 is 4.92 Å². The maximum absolute atomic E-state index is 10.9. The van der Waals surface area contributed by atoms with Crippen molar-refractivity contribution in [3.8, 4) is 0 Å². The van der Waals surface area contributed by atoms with Crippen LogP contribution in [0.25, 0.3) is 0 Å². The lowest BCUT2D eigenvalue weighted by atomic mass is 10.2. The first-order valence-corrected chi connectivity index (χ1v) is 5.75. The third-order valence-electron chi connectivity index (χ3n) is 2.74. The molecule has 0 amide bonds. The van der Waals surface area contributed by atoms with Gasteiger partial charge in [-0.1, -0.05) is 0 Å². The summed E-state index contributed by atoms with van der Waals surface area (Å²) in [4.78, 5) is 14.5. The van der Waals surface area contributed by atoms with Gasteiger partial charge in [-0.15, -0.1) is 0 Å². The Morgan fingerprint density at radius 3 is 2.94 bits per heavy atom. The van der Waals surface area contributed by atoms with Crippen LogP contribution in [-0.4, -0.2) is 29.0 Å². The highest BCUT2D eigenvalue weighted by atomic mass is 16.6. The third kappa shape index (κ3) is 3.13. The van der Waals surface area contributed by atoms with E-state index < -0.39 is 0 Å². The first-order chi connectivity index (χ1) is 8.18. The minimum atomic E-state index is -0.390. The van der Waals surface area contributed by atoms with Crippen molar-refractivity contribution in [3.63, 3.8) is 0 Å². The van der Waals surface area contributed by atoms with Gasteiger partial charge in [-0.2, -0.15) is 0 Å². The number of aromatic nitrogens is 1. The van der Waals surface area contributed by atoms with Crippen LogP contribution in [0.2, 0.25) is 0 Å². The van der Waals surface area contributed by atoms with Crippen LogP contribution < -0.4 is 10.6 Å². The Bertz CT molecular complexity index is 418. The molecule has 0 aromatic carbocycles. The molecular weight excluding hydrogens is 220 g/mol. The molecule has 0 unspecified atom stereocenters. The van der Waals surface area contributed by atoms with E-state index in [1.807, 2.05) is 0 Å². The molecule has 0 saturated heterocycles. The number of nitro groups is 1. The Balaban J connectivity index is 1.93. The van der Waals surface area contributed by atoms with Crippen LogP contribution in [0.1, 0.15) is 18.4 Å². The van der Waals surface area contributed by atoms with E-state index >= 15 is 0 Å². The zero-order valence-electron chi connectivity index (χ0n) is 9.77. The van der Waals surface area contributed by atoms with E-state index in [2.05, 4.69) is 15.6 Å². The van der Waals surface area contributed by atoms with Crippen molar-refractivity contribution in [2.45, 2.75) is 25.8 Å². The standard InChI is InChI=1S/C11H16N4O2/c1-8-4-5-13-11(10(8)15(16)17)14-7-6-12-9-2-3-9/h4-5,9,12H,2-3,6-7H2,1H3,(H,13,14). The van der Waals surface area contributed by atoms with Crippen LogP contribution >= 0.6 is 0 Å². The molecule has 2 rings (SSSR count). The fourth-order valence-corrected chi connectivity index (χ4v) is 1.65. The molecule has 0 spiro atoms. The van der Waals surface area contributed by atoms with Gasteiger partial charge in [0.15, 0.2) is 0 Å². The first kappa shape index (κ1) is 11.8. The van der Waals surface area contributed by atoms with Gasteiger partial charge < -0.3 is 10.6 Å². The number of anilines is 1. The number of hydrogen-bond acceptors (Lipinski definition) is 5. The van der Waals surface area contributed by atoms with Gasteiger partial charge in [-0.25, -0.2) is 4.98 Å². The fourth-order valence-electron chi connectivity index (χ4n) is 1.65. The van der Waals surface area contributed by atoms with Crippen LogP contribution in [0.15, 0.2) is 12.3 Å². The second kappa shape index (κ2) is 5.09. The van der Waals surface area contributed by atoms with Crippen molar-refractivity contribution in [3.05, 3.63) is 27.9 Å². The molecule has 1 aliphatic rings. The Morgan fingerprint density at radius 2 is 2.29 bits per heavy atom. The molecule has 1 aliphatic carbocycles. The maximum atomic E-state index is 10.9. The lowest BCUT2D eigenvalue weighted by Crippen LogP contribution is -2.24. The van der Waals surface area contributed by atoms with E-state index in [4.69, 9.17) is 0 Å². The van der Waals surface area contributed by atoms with Gasteiger partial charge in [-0.05, 0) is 25.8 Å². The summed E-state index contributed by atoms with van der Waals surface area (Å²) in [5.41, 5.74) is 0.696. The highest BCUT2D eigenvalue weighted by molar-refractivity contribution is 5.59. The normalized spacial score (nSPS) is 14.6. The number of aryl methyl sites for hydroxylation is 1. The van der Waals surface area contributed by atoms with E-state index in [9.17, 15) is 10.1 Å². The van der Waals surface area contributed by atoms with Crippen LogP contribution in [0.5, 0.6) is 0 Å². The summed E-state index contributed by atoms with van der Waals surface area (Å²) >= 11 is 0. The summed E-state index contributed by atoms with van der Waals surface area (Å²) in [7, 11) is 0. The Hall–Kier alpha value is -1.69. The van der Waals surface area contributed by atoms with Crippen molar-refractivity contribution in [1.82, 2.24) is 10.3 Å². The zero-order chi connectivity index (χ0) is 12.3. The third-order valence-corrected chi connectivity index (χ3v) is 2.74. The fraction of sp³-hybridized carbons (Fsp3) is 0.545. The second-order valence-electron chi connectivity index (χ2n) is 4.24. The van der Waals surface area contributed by atoms with Crippen molar-refractivity contribution >= 4 is 11.5 Å². The van der Waals surface area contributed by atoms with Gasteiger partial charge in [0, 0.05) is 30.9 Å². The topological polar surface area (TPSA) is 80.1 Å². The molecule has 1 aromatic rings. The quantitative estimate of drug-likeness (QED) is 0.444. The van der Waals surface area contributed by atoms with Gasteiger partial charge in [0.2, 0.25) is 5.82 Å². The molecule has 1 heterocycles. The molecule has 6 nitrogen and oxygen atoms in total. The average molecular weight is 236 g/mol.